The maximum atomic E-state index is 9.65. The molecule has 0 spiro atoms. The third-order valence-electron chi connectivity index (χ3n) is 2.41. The summed E-state index contributed by atoms with van der Waals surface area (Å²) in [5.41, 5.74) is 6.79. The molecule has 2 unspecified atom stereocenters. The summed E-state index contributed by atoms with van der Waals surface area (Å²) in [7, 11) is 0. The van der Waals surface area contributed by atoms with Crippen LogP contribution in [0.5, 0.6) is 5.75 Å². The van der Waals surface area contributed by atoms with E-state index in [4.69, 9.17) is 15.2 Å². The van der Waals surface area contributed by atoms with Gasteiger partial charge in [0.2, 0.25) is 0 Å². The average Bonchev–Trinajstić information content (AvgIpc) is 2.33. The van der Waals surface area contributed by atoms with E-state index in [0.29, 0.717) is 12.4 Å². The molecule has 0 saturated heterocycles. The molecule has 0 aliphatic carbocycles. The first-order valence-electron chi connectivity index (χ1n) is 5.98. The molecule has 0 bridgehead atoms. The molecule has 0 fully saturated rings. The molecule has 1 aromatic rings. The first-order chi connectivity index (χ1) is 8.54. The molecule has 3 N–H and O–H groups in total. The van der Waals surface area contributed by atoms with Gasteiger partial charge in [0, 0.05) is 22.7 Å². The predicted molar refractivity (Wildman–Crippen MR) is 74.7 cm³/mol. The highest BCUT2D eigenvalue weighted by atomic mass is 79.9. The quantitative estimate of drug-likeness (QED) is 0.809. The van der Waals surface area contributed by atoms with E-state index in [0.717, 1.165) is 10.0 Å². The fourth-order valence-corrected chi connectivity index (χ4v) is 1.84. The zero-order valence-corrected chi connectivity index (χ0v) is 12.3. The molecule has 0 radical (unpaired) electrons. The maximum absolute atomic E-state index is 9.65. The van der Waals surface area contributed by atoms with Crippen molar-refractivity contribution in [2.45, 2.75) is 26.0 Å². The van der Waals surface area contributed by atoms with Gasteiger partial charge in [-0.3, -0.25) is 0 Å². The molecule has 0 aliphatic heterocycles. The van der Waals surface area contributed by atoms with E-state index in [1.807, 2.05) is 32.0 Å². The van der Waals surface area contributed by atoms with Crippen LogP contribution in [0.3, 0.4) is 0 Å². The van der Waals surface area contributed by atoms with Crippen LogP contribution in [0.25, 0.3) is 0 Å². The zero-order chi connectivity index (χ0) is 13.5. The SMILES string of the molecule is CCOCC(O)COc1cc(Br)ccc1C(C)N. The second-order valence-electron chi connectivity index (χ2n) is 4.10. The van der Waals surface area contributed by atoms with E-state index >= 15 is 0 Å². The third-order valence-corrected chi connectivity index (χ3v) is 2.91. The lowest BCUT2D eigenvalue weighted by Crippen LogP contribution is -2.24. The van der Waals surface area contributed by atoms with E-state index in [1.165, 1.54) is 0 Å². The summed E-state index contributed by atoms with van der Waals surface area (Å²) in [5.74, 6) is 0.690. The van der Waals surface area contributed by atoms with Gasteiger partial charge in [-0.05, 0) is 26.0 Å². The van der Waals surface area contributed by atoms with Crippen LogP contribution in [0.2, 0.25) is 0 Å². The van der Waals surface area contributed by atoms with E-state index in [2.05, 4.69) is 15.9 Å². The Labute approximate surface area is 116 Å². The number of benzene rings is 1. The van der Waals surface area contributed by atoms with Gasteiger partial charge in [-0.1, -0.05) is 22.0 Å². The Hall–Kier alpha value is -0.620. The van der Waals surface area contributed by atoms with Crippen molar-refractivity contribution in [2.75, 3.05) is 19.8 Å². The minimum Gasteiger partial charge on any atom is -0.490 e. The number of rotatable bonds is 7. The van der Waals surface area contributed by atoms with Crippen molar-refractivity contribution in [2.24, 2.45) is 5.73 Å². The molecule has 1 rings (SSSR count). The number of halogens is 1. The molecule has 0 amide bonds. The van der Waals surface area contributed by atoms with Crippen LogP contribution >= 0.6 is 15.9 Å². The van der Waals surface area contributed by atoms with Gasteiger partial charge in [0.15, 0.2) is 0 Å². The Morgan fingerprint density at radius 3 is 2.72 bits per heavy atom. The number of hydrogen-bond donors (Lipinski definition) is 2. The number of ether oxygens (including phenoxy) is 2. The van der Waals surface area contributed by atoms with Crippen LogP contribution < -0.4 is 10.5 Å². The van der Waals surface area contributed by atoms with Crippen LogP contribution in [0, 0.1) is 0 Å². The molecular weight excluding hydrogens is 298 g/mol. The minimum atomic E-state index is -0.634. The minimum absolute atomic E-state index is 0.114. The Bertz CT molecular complexity index is 371. The molecule has 0 heterocycles. The van der Waals surface area contributed by atoms with Crippen molar-refractivity contribution in [1.82, 2.24) is 0 Å². The van der Waals surface area contributed by atoms with Crippen LogP contribution in [0.4, 0.5) is 0 Å². The third kappa shape index (κ3) is 4.94. The van der Waals surface area contributed by atoms with Crippen molar-refractivity contribution in [1.29, 1.82) is 0 Å². The molecule has 18 heavy (non-hydrogen) atoms. The second kappa shape index (κ2) is 7.74. The first-order valence-corrected chi connectivity index (χ1v) is 6.77. The fourth-order valence-electron chi connectivity index (χ4n) is 1.50. The number of aliphatic hydroxyl groups excluding tert-OH is 1. The molecule has 102 valence electrons. The normalized spacial score (nSPS) is 14.3. The zero-order valence-electron chi connectivity index (χ0n) is 10.7. The first kappa shape index (κ1) is 15.4. The van der Waals surface area contributed by atoms with Gasteiger partial charge in [0.1, 0.15) is 18.5 Å². The summed E-state index contributed by atoms with van der Waals surface area (Å²) < 4.78 is 11.6. The molecule has 1 aromatic carbocycles. The van der Waals surface area contributed by atoms with Crippen LogP contribution in [0.15, 0.2) is 22.7 Å². The summed E-state index contributed by atoms with van der Waals surface area (Å²) in [4.78, 5) is 0. The average molecular weight is 318 g/mol. The standard InChI is InChI=1S/C13H20BrNO3/c1-3-17-7-11(16)8-18-13-6-10(14)4-5-12(13)9(2)15/h4-6,9,11,16H,3,7-8,15H2,1-2H3. The Balaban J connectivity index is 2.62. The van der Waals surface area contributed by atoms with Gasteiger partial charge in [-0.25, -0.2) is 0 Å². The number of nitrogens with two attached hydrogens (primary N) is 1. The number of aliphatic hydroxyl groups is 1. The highest BCUT2D eigenvalue weighted by Gasteiger charge is 2.11. The van der Waals surface area contributed by atoms with E-state index < -0.39 is 6.10 Å². The number of hydrogen-bond acceptors (Lipinski definition) is 4. The second-order valence-corrected chi connectivity index (χ2v) is 5.01. The summed E-state index contributed by atoms with van der Waals surface area (Å²) >= 11 is 3.39. The monoisotopic (exact) mass is 317 g/mol. The molecule has 5 heteroatoms. The molecule has 0 aliphatic rings. The summed E-state index contributed by atoms with van der Waals surface area (Å²) in [6, 6.07) is 5.57. The predicted octanol–water partition coefficient (Wildman–Crippen LogP) is 2.25. The van der Waals surface area contributed by atoms with Gasteiger partial charge >= 0.3 is 0 Å². The Kier molecular flexibility index (Phi) is 6.63. The highest BCUT2D eigenvalue weighted by molar-refractivity contribution is 9.10. The van der Waals surface area contributed by atoms with Gasteiger partial charge in [0.05, 0.1) is 6.61 Å². The van der Waals surface area contributed by atoms with Crippen LogP contribution in [0.1, 0.15) is 25.5 Å². The van der Waals surface area contributed by atoms with E-state index in [9.17, 15) is 5.11 Å². The molecular formula is C13H20BrNO3. The Morgan fingerprint density at radius 2 is 2.11 bits per heavy atom. The maximum Gasteiger partial charge on any atom is 0.125 e. The van der Waals surface area contributed by atoms with E-state index in [-0.39, 0.29) is 19.3 Å². The molecule has 4 nitrogen and oxygen atoms in total. The van der Waals surface area contributed by atoms with Gasteiger partial charge in [-0.2, -0.15) is 0 Å². The molecule has 0 aromatic heterocycles. The van der Waals surface area contributed by atoms with Gasteiger partial charge < -0.3 is 20.3 Å². The topological polar surface area (TPSA) is 64.7 Å². The lowest BCUT2D eigenvalue weighted by Gasteiger charge is -2.17. The molecule has 0 saturated carbocycles. The highest BCUT2D eigenvalue weighted by Crippen LogP contribution is 2.27. The van der Waals surface area contributed by atoms with E-state index in [1.54, 1.807) is 0 Å². The van der Waals surface area contributed by atoms with Gasteiger partial charge in [-0.15, -0.1) is 0 Å². The van der Waals surface area contributed by atoms with Crippen molar-refractivity contribution < 1.29 is 14.6 Å². The summed E-state index contributed by atoms with van der Waals surface area (Å²) in [6.45, 7) is 4.83. The summed E-state index contributed by atoms with van der Waals surface area (Å²) in [5, 5.41) is 9.65. The van der Waals surface area contributed by atoms with Crippen LogP contribution in [-0.4, -0.2) is 31.0 Å². The Morgan fingerprint density at radius 1 is 1.39 bits per heavy atom. The lowest BCUT2D eigenvalue weighted by molar-refractivity contribution is 0.0162. The smallest absolute Gasteiger partial charge is 0.125 e. The van der Waals surface area contributed by atoms with Gasteiger partial charge in [0.25, 0.3) is 0 Å². The summed E-state index contributed by atoms with van der Waals surface area (Å²) in [6.07, 6.45) is -0.634. The van der Waals surface area contributed by atoms with Crippen molar-refractivity contribution in [3.05, 3.63) is 28.2 Å². The van der Waals surface area contributed by atoms with Crippen molar-refractivity contribution >= 4 is 15.9 Å². The van der Waals surface area contributed by atoms with Crippen molar-refractivity contribution in [3.8, 4) is 5.75 Å². The lowest BCUT2D eigenvalue weighted by atomic mass is 10.1. The molecule has 2 atom stereocenters. The van der Waals surface area contributed by atoms with Crippen molar-refractivity contribution in [3.63, 3.8) is 0 Å². The largest absolute Gasteiger partial charge is 0.490 e. The fraction of sp³-hybridized carbons (Fsp3) is 0.538. The van der Waals surface area contributed by atoms with Crippen LogP contribution in [-0.2, 0) is 4.74 Å².